The van der Waals surface area contributed by atoms with Crippen molar-refractivity contribution in [3.8, 4) is 0 Å². The van der Waals surface area contributed by atoms with Gasteiger partial charge in [-0.15, -0.1) is 0 Å². The summed E-state index contributed by atoms with van der Waals surface area (Å²) in [4.78, 5) is 5.11. The molecule has 1 aromatic rings. The van der Waals surface area contributed by atoms with Gasteiger partial charge in [0.15, 0.2) is 0 Å². The monoisotopic (exact) mass is 318 g/mol. The van der Waals surface area contributed by atoms with Gasteiger partial charge in [0, 0.05) is 32.8 Å². The Labute approximate surface area is 140 Å². The Hall–Kier alpha value is -0.940. The third-order valence-electron chi connectivity index (χ3n) is 5.32. The largest absolute Gasteiger partial charge is 0.389 e. The summed E-state index contributed by atoms with van der Waals surface area (Å²) in [5, 5.41) is 9.97. The van der Waals surface area contributed by atoms with Gasteiger partial charge in [0.2, 0.25) is 0 Å². The van der Waals surface area contributed by atoms with Gasteiger partial charge in [-0.05, 0) is 43.8 Å². The number of benzene rings is 1. The van der Waals surface area contributed by atoms with E-state index in [4.69, 9.17) is 4.74 Å². The van der Waals surface area contributed by atoms with Gasteiger partial charge in [-0.1, -0.05) is 30.3 Å². The molecule has 4 heteroatoms. The van der Waals surface area contributed by atoms with Crippen molar-refractivity contribution < 1.29 is 9.84 Å². The van der Waals surface area contributed by atoms with E-state index in [1.807, 2.05) is 0 Å². The minimum Gasteiger partial charge on any atom is -0.389 e. The zero-order valence-electron chi connectivity index (χ0n) is 14.2. The van der Waals surface area contributed by atoms with Crippen molar-refractivity contribution >= 4 is 0 Å². The van der Waals surface area contributed by atoms with Gasteiger partial charge in [-0.2, -0.15) is 0 Å². The highest BCUT2D eigenvalue weighted by Crippen LogP contribution is 2.31. The molecule has 2 aliphatic heterocycles. The Bertz CT molecular complexity index is 468. The first kappa shape index (κ1) is 16.9. The van der Waals surface area contributed by atoms with Gasteiger partial charge in [-0.25, -0.2) is 0 Å². The molecule has 1 aromatic carbocycles. The third-order valence-corrected chi connectivity index (χ3v) is 5.32. The molecule has 23 heavy (non-hydrogen) atoms. The van der Waals surface area contributed by atoms with E-state index in [1.54, 1.807) is 7.11 Å². The van der Waals surface area contributed by atoms with E-state index < -0.39 is 0 Å². The normalized spacial score (nSPS) is 27.6. The fourth-order valence-electron chi connectivity index (χ4n) is 4.31. The number of hydrogen-bond acceptors (Lipinski definition) is 4. The van der Waals surface area contributed by atoms with Gasteiger partial charge < -0.3 is 14.7 Å². The lowest BCUT2D eigenvalue weighted by atomic mass is 9.83. The molecule has 1 N–H and O–H groups in total. The number of rotatable bonds is 6. The van der Waals surface area contributed by atoms with Crippen molar-refractivity contribution in [2.75, 3.05) is 39.9 Å². The minimum atomic E-state index is -0.361. The molecule has 0 saturated carbocycles. The molecule has 0 radical (unpaired) electrons. The highest BCUT2D eigenvalue weighted by Gasteiger charge is 2.36. The van der Waals surface area contributed by atoms with Crippen molar-refractivity contribution in [1.82, 2.24) is 9.80 Å². The number of ether oxygens (including phenoxy) is 1. The number of β-amino-alcohol motifs (C(OH)–C–C–N with tert-alkyl or cyclic N) is 1. The van der Waals surface area contributed by atoms with Crippen molar-refractivity contribution in [3.63, 3.8) is 0 Å². The molecule has 128 valence electrons. The van der Waals surface area contributed by atoms with Crippen LogP contribution in [0.25, 0.3) is 0 Å². The number of aliphatic hydroxyl groups is 1. The lowest BCUT2D eigenvalue weighted by molar-refractivity contribution is -0.0115. The Kier molecular flexibility index (Phi) is 6.06. The molecule has 0 bridgehead atoms. The number of methoxy groups -OCH3 is 1. The van der Waals surface area contributed by atoms with Crippen LogP contribution < -0.4 is 0 Å². The van der Waals surface area contributed by atoms with Crippen LogP contribution in [0.1, 0.15) is 24.8 Å². The van der Waals surface area contributed by atoms with Crippen LogP contribution in [-0.4, -0.2) is 66.9 Å². The molecule has 2 fully saturated rings. The Morgan fingerprint density at radius 1 is 1.22 bits per heavy atom. The summed E-state index contributed by atoms with van der Waals surface area (Å²) in [5.41, 5.74) is 1.42. The summed E-state index contributed by atoms with van der Waals surface area (Å²) < 4.78 is 5.05. The number of piperidine rings is 2. The van der Waals surface area contributed by atoms with Crippen molar-refractivity contribution in [1.29, 1.82) is 0 Å². The molecular formula is C19H30N2O2. The van der Waals surface area contributed by atoms with Gasteiger partial charge in [0.05, 0.1) is 12.7 Å². The lowest BCUT2D eigenvalue weighted by Gasteiger charge is -2.47. The second-order valence-electron chi connectivity index (χ2n) is 7.08. The quantitative estimate of drug-likeness (QED) is 0.870. The molecule has 0 spiro atoms. The van der Waals surface area contributed by atoms with Gasteiger partial charge in [-0.3, -0.25) is 4.90 Å². The van der Waals surface area contributed by atoms with E-state index in [1.165, 1.54) is 31.4 Å². The van der Waals surface area contributed by atoms with E-state index in [-0.39, 0.29) is 6.10 Å². The van der Waals surface area contributed by atoms with Crippen molar-refractivity contribution in [2.45, 2.75) is 38.0 Å². The van der Waals surface area contributed by atoms with Gasteiger partial charge in [0.1, 0.15) is 0 Å². The summed E-state index contributed by atoms with van der Waals surface area (Å²) in [6, 6.07) is 11.5. The SMILES string of the molecule is COC[C@H](O)CN1CC[C@H]2[C@H](CCCN2Cc2ccccc2)C1. The predicted octanol–water partition coefficient (Wildman–Crippen LogP) is 1.98. The van der Waals surface area contributed by atoms with E-state index in [0.29, 0.717) is 12.6 Å². The molecule has 0 aliphatic carbocycles. The molecule has 2 heterocycles. The molecule has 0 unspecified atom stereocenters. The third kappa shape index (κ3) is 4.54. The molecule has 0 aromatic heterocycles. The van der Waals surface area contributed by atoms with E-state index in [0.717, 1.165) is 32.1 Å². The fourth-order valence-corrected chi connectivity index (χ4v) is 4.31. The number of fused-ring (bicyclic) bond motifs is 1. The highest BCUT2D eigenvalue weighted by atomic mass is 16.5. The first-order chi connectivity index (χ1) is 11.3. The second kappa shape index (κ2) is 8.25. The van der Waals surface area contributed by atoms with Crippen molar-refractivity contribution in [2.24, 2.45) is 5.92 Å². The molecule has 3 rings (SSSR count). The smallest absolute Gasteiger partial charge is 0.0900 e. The van der Waals surface area contributed by atoms with Crippen LogP contribution in [0.15, 0.2) is 30.3 Å². The topological polar surface area (TPSA) is 35.9 Å². The summed E-state index contributed by atoms with van der Waals surface area (Å²) >= 11 is 0. The first-order valence-electron chi connectivity index (χ1n) is 8.93. The zero-order valence-corrected chi connectivity index (χ0v) is 14.2. The van der Waals surface area contributed by atoms with Gasteiger partial charge in [0.25, 0.3) is 0 Å². The minimum absolute atomic E-state index is 0.361. The second-order valence-corrected chi connectivity index (χ2v) is 7.08. The predicted molar refractivity (Wildman–Crippen MR) is 92.3 cm³/mol. The highest BCUT2D eigenvalue weighted by molar-refractivity contribution is 5.15. The number of hydrogen-bond donors (Lipinski definition) is 1. The van der Waals surface area contributed by atoms with Crippen LogP contribution in [0.5, 0.6) is 0 Å². The summed E-state index contributed by atoms with van der Waals surface area (Å²) in [6.45, 7) is 5.70. The summed E-state index contributed by atoms with van der Waals surface area (Å²) in [5.74, 6) is 0.746. The van der Waals surface area contributed by atoms with Crippen LogP contribution in [0.4, 0.5) is 0 Å². The maximum atomic E-state index is 9.97. The number of aliphatic hydroxyl groups excluding tert-OH is 1. The summed E-state index contributed by atoms with van der Waals surface area (Å²) in [6.07, 6.45) is 3.48. The maximum Gasteiger partial charge on any atom is 0.0900 e. The van der Waals surface area contributed by atoms with Crippen molar-refractivity contribution in [3.05, 3.63) is 35.9 Å². The van der Waals surface area contributed by atoms with Gasteiger partial charge >= 0.3 is 0 Å². The Morgan fingerprint density at radius 2 is 2.04 bits per heavy atom. The number of likely N-dealkylation sites (tertiary alicyclic amines) is 2. The molecule has 2 aliphatic rings. The first-order valence-corrected chi connectivity index (χ1v) is 8.93. The van der Waals surface area contributed by atoms with Crippen LogP contribution in [0.3, 0.4) is 0 Å². The Balaban J connectivity index is 1.55. The van der Waals surface area contributed by atoms with Crippen LogP contribution in [0.2, 0.25) is 0 Å². The average Bonchev–Trinajstić information content (AvgIpc) is 2.56. The molecular weight excluding hydrogens is 288 g/mol. The van der Waals surface area contributed by atoms with Crippen LogP contribution in [-0.2, 0) is 11.3 Å². The average molecular weight is 318 g/mol. The Morgan fingerprint density at radius 3 is 2.83 bits per heavy atom. The molecule has 2 saturated heterocycles. The molecule has 3 atom stereocenters. The fraction of sp³-hybridized carbons (Fsp3) is 0.684. The van der Waals surface area contributed by atoms with E-state index >= 15 is 0 Å². The summed E-state index contributed by atoms with van der Waals surface area (Å²) in [7, 11) is 1.65. The van der Waals surface area contributed by atoms with E-state index in [9.17, 15) is 5.11 Å². The lowest BCUT2D eigenvalue weighted by Crippen LogP contribution is -2.54. The standard InChI is InChI=1S/C19H30N2O2/c1-23-15-18(22)14-20-11-9-19-17(13-20)8-5-10-21(19)12-16-6-3-2-4-7-16/h2-4,6-7,17-19,22H,5,8-15H2,1H3/t17-,18-,19+/m1/s1. The van der Waals surface area contributed by atoms with Crippen LogP contribution in [0, 0.1) is 5.92 Å². The zero-order chi connectivity index (χ0) is 16.1. The number of nitrogens with zero attached hydrogens (tertiary/aromatic N) is 2. The molecule has 4 nitrogen and oxygen atoms in total. The van der Waals surface area contributed by atoms with E-state index in [2.05, 4.69) is 40.1 Å². The maximum absolute atomic E-state index is 9.97. The molecule has 0 amide bonds. The van der Waals surface area contributed by atoms with Crippen LogP contribution >= 0.6 is 0 Å².